The molecular weight excluding hydrogens is 404 g/mol. The van der Waals surface area contributed by atoms with Gasteiger partial charge in [0.1, 0.15) is 23.7 Å². The Labute approximate surface area is 179 Å². The SMILES string of the molecule is C[C@H](Oc1ccc2c(=O)c(-c3ccc(Cl)cc3)coc2c1)C(=O)OC1CCCCC1. The standard InChI is InChI=1S/C24H23ClO5/c1-15(24(27)30-18-5-3-2-4-6-18)29-19-11-12-20-22(13-19)28-14-21(23(20)26)16-7-9-17(25)10-8-16/h7-15,18H,2-6H2,1H3/t15-/m0/s1. The molecule has 0 unspecified atom stereocenters. The van der Waals surface area contributed by atoms with Crippen molar-refractivity contribution in [2.75, 3.05) is 0 Å². The molecule has 0 bridgehead atoms. The van der Waals surface area contributed by atoms with Crippen LogP contribution in [0.25, 0.3) is 22.1 Å². The second-order valence-corrected chi connectivity index (χ2v) is 8.04. The van der Waals surface area contributed by atoms with Crippen LogP contribution in [-0.4, -0.2) is 18.2 Å². The van der Waals surface area contributed by atoms with Crippen LogP contribution in [0.15, 0.2) is 57.9 Å². The molecule has 1 aromatic heterocycles. The van der Waals surface area contributed by atoms with E-state index in [4.69, 9.17) is 25.5 Å². The van der Waals surface area contributed by atoms with Crippen LogP contribution in [0.5, 0.6) is 5.75 Å². The summed E-state index contributed by atoms with van der Waals surface area (Å²) in [6.07, 6.45) is 5.87. The zero-order chi connectivity index (χ0) is 21.1. The Kier molecular flexibility index (Phi) is 6.09. The fourth-order valence-electron chi connectivity index (χ4n) is 3.71. The average molecular weight is 427 g/mol. The topological polar surface area (TPSA) is 65.7 Å². The summed E-state index contributed by atoms with van der Waals surface area (Å²) in [7, 11) is 0. The first kappa shape index (κ1) is 20.5. The van der Waals surface area contributed by atoms with E-state index in [0.29, 0.717) is 27.3 Å². The molecule has 30 heavy (non-hydrogen) atoms. The fourth-order valence-corrected chi connectivity index (χ4v) is 3.83. The summed E-state index contributed by atoms with van der Waals surface area (Å²) in [6.45, 7) is 1.66. The molecule has 4 rings (SSSR count). The first-order chi connectivity index (χ1) is 14.5. The van der Waals surface area contributed by atoms with Gasteiger partial charge in [-0.15, -0.1) is 0 Å². The van der Waals surface area contributed by atoms with Gasteiger partial charge in [0, 0.05) is 11.1 Å². The van der Waals surface area contributed by atoms with Crippen molar-refractivity contribution in [3.05, 3.63) is 64.0 Å². The Morgan fingerprint density at radius 2 is 1.83 bits per heavy atom. The van der Waals surface area contributed by atoms with Crippen LogP contribution in [0.3, 0.4) is 0 Å². The van der Waals surface area contributed by atoms with E-state index in [1.807, 2.05) is 0 Å². The fraction of sp³-hybridized carbons (Fsp3) is 0.333. The Bertz CT molecular complexity index is 1100. The highest BCUT2D eigenvalue weighted by Gasteiger charge is 2.23. The Morgan fingerprint density at radius 1 is 1.10 bits per heavy atom. The molecular formula is C24H23ClO5. The summed E-state index contributed by atoms with van der Waals surface area (Å²) < 4.78 is 17.0. The number of hydrogen-bond acceptors (Lipinski definition) is 5. The molecule has 1 fully saturated rings. The molecule has 0 aliphatic heterocycles. The molecule has 3 aromatic rings. The average Bonchev–Trinajstić information content (AvgIpc) is 2.75. The molecule has 156 valence electrons. The van der Waals surface area contributed by atoms with Crippen molar-refractivity contribution in [2.45, 2.75) is 51.2 Å². The minimum absolute atomic E-state index is 0.0155. The zero-order valence-electron chi connectivity index (χ0n) is 16.7. The van der Waals surface area contributed by atoms with Crippen molar-refractivity contribution in [3.8, 4) is 16.9 Å². The second kappa shape index (κ2) is 8.92. The molecule has 2 aromatic carbocycles. The van der Waals surface area contributed by atoms with Gasteiger partial charge in [0.05, 0.1) is 10.9 Å². The van der Waals surface area contributed by atoms with Gasteiger partial charge >= 0.3 is 5.97 Å². The maximum Gasteiger partial charge on any atom is 0.347 e. The van der Waals surface area contributed by atoms with Gasteiger partial charge < -0.3 is 13.9 Å². The minimum Gasteiger partial charge on any atom is -0.479 e. The van der Waals surface area contributed by atoms with E-state index in [1.165, 1.54) is 12.7 Å². The summed E-state index contributed by atoms with van der Waals surface area (Å²) in [6, 6.07) is 11.9. The van der Waals surface area contributed by atoms with Gasteiger partial charge in [-0.1, -0.05) is 30.2 Å². The van der Waals surface area contributed by atoms with E-state index in [9.17, 15) is 9.59 Å². The van der Waals surface area contributed by atoms with Crippen LogP contribution in [0.4, 0.5) is 0 Å². The van der Waals surface area contributed by atoms with Crippen LogP contribution < -0.4 is 10.2 Å². The minimum atomic E-state index is -0.746. The van der Waals surface area contributed by atoms with Gasteiger partial charge in [0.25, 0.3) is 0 Å². The summed E-state index contributed by atoms with van der Waals surface area (Å²) in [4.78, 5) is 25.2. The van der Waals surface area contributed by atoms with Crippen molar-refractivity contribution in [1.29, 1.82) is 0 Å². The van der Waals surface area contributed by atoms with E-state index in [2.05, 4.69) is 0 Å². The lowest BCUT2D eigenvalue weighted by atomic mass is 9.98. The highest BCUT2D eigenvalue weighted by atomic mass is 35.5. The molecule has 0 N–H and O–H groups in total. The molecule has 1 saturated carbocycles. The lowest BCUT2D eigenvalue weighted by Gasteiger charge is -2.23. The van der Waals surface area contributed by atoms with Crippen molar-refractivity contribution in [1.82, 2.24) is 0 Å². The second-order valence-electron chi connectivity index (χ2n) is 7.60. The van der Waals surface area contributed by atoms with Crippen LogP contribution >= 0.6 is 11.6 Å². The Morgan fingerprint density at radius 3 is 2.57 bits per heavy atom. The molecule has 1 aliphatic rings. The molecule has 5 nitrogen and oxygen atoms in total. The highest BCUT2D eigenvalue weighted by Crippen LogP contribution is 2.25. The van der Waals surface area contributed by atoms with E-state index < -0.39 is 6.10 Å². The smallest absolute Gasteiger partial charge is 0.347 e. The lowest BCUT2D eigenvalue weighted by molar-refractivity contribution is -0.158. The van der Waals surface area contributed by atoms with Gasteiger partial charge in [-0.05, 0) is 62.4 Å². The summed E-state index contributed by atoms with van der Waals surface area (Å²) in [5.74, 6) is 0.0690. The first-order valence-corrected chi connectivity index (χ1v) is 10.6. The molecule has 1 atom stereocenters. The number of hydrogen-bond donors (Lipinski definition) is 0. The van der Waals surface area contributed by atoms with Crippen LogP contribution in [0, 0.1) is 0 Å². The highest BCUT2D eigenvalue weighted by molar-refractivity contribution is 6.30. The van der Waals surface area contributed by atoms with E-state index in [1.54, 1.807) is 49.4 Å². The van der Waals surface area contributed by atoms with Crippen molar-refractivity contribution in [2.24, 2.45) is 0 Å². The molecule has 0 spiro atoms. The number of esters is 1. The number of halogens is 1. The maximum atomic E-state index is 12.9. The molecule has 0 saturated heterocycles. The zero-order valence-corrected chi connectivity index (χ0v) is 17.5. The number of benzene rings is 2. The number of carbonyl (C=O) groups is 1. The predicted octanol–water partition coefficient (Wildman–Crippen LogP) is 5.76. The van der Waals surface area contributed by atoms with E-state index in [-0.39, 0.29) is 17.5 Å². The Hall–Kier alpha value is -2.79. The normalized spacial score (nSPS) is 15.7. The maximum absolute atomic E-state index is 12.9. The largest absolute Gasteiger partial charge is 0.479 e. The lowest BCUT2D eigenvalue weighted by Crippen LogP contribution is -2.31. The van der Waals surface area contributed by atoms with Crippen LogP contribution in [-0.2, 0) is 9.53 Å². The molecule has 0 radical (unpaired) electrons. The quantitative estimate of drug-likeness (QED) is 0.485. The number of fused-ring (bicyclic) bond motifs is 1. The van der Waals surface area contributed by atoms with Crippen LogP contribution in [0.1, 0.15) is 39.0 Å². The molecule has 0 amide bonds. The van der Waals surface area contributed by atoms with Crippen molar-refractivity contribution in [3.63, 3.8) is 0 Å². The summed E-state index contributed by atoms with van der Waals surface area (Å²) in [5.41, 5.74) is 1.43. The van der Waals surface area contributed by atoms with Gasteiger partial charge in [0.15, 0.2) is 11.5 Å². The third-order valence-corrected chi connectivity index (χ3v) is 5.63. The van der Waals surface area contributed by atoms with Gasteiger partial charge in [-0.2, -0.15) is 0 Å². The first-order valence-electron chi connectivity index (χ1n) is 10.2. The monoisotopic (exact) mass is 426 g/mol. The van der Waals surface area contributed by atoms with E-state index >= 15 is 0 Å². The third-order valence-electron chi connectivity index (χ3n) is 5.38. The van der Waals surface area contributed by atoms with Crippen molar-refractivity contribution < 1.29 is 18.7 Å². The third kappa shape index (κ3) is 4.51. The number of rotatable bonds is 5. The number of ether oxygens (including phenoxy) is 2. The Balaban J connectivity index is 1.50. The molecule has 6 heteroatoms. The van der Waals surface area contributed by atoms with E-state index in [0.717, 1.165) is 31.2 Å². The summed E-state index contributed by atoms with van der Waals surface area (Å²) >= 11 is 5.92. The predicted molar refractivity (Wildman–Crippen MR) is 116 cm³/mol. The summed E-state index contributed by atoms with van der Waals surface area (Å²) in [5, 5.41) is 1.04. The van der Waals surface area contributed by atoms with Crippen molar-refractivity contribution >= 4 is 28.5 Å². The van der Waals surface area contributed by atoms with Gasteiger partial charge in [-0.25, -0.2) is 4.79 Å². The molecule has 1 heterocycles. The van der Waals surface area contributed by atoms with Gasteiger partial charge in [0.2, 0.25) is 0 Å². The van der Waals surface area contributed by atoms with Crippen LogP contribution in [0.2, 0.25) is 5.02 Å². The van der Waals surface area contributed by atoms with Gasteiger partial charge in [-0.3, -0.25) is 4.79 Å². The molecule has 1 aliphatic carbocycles. The number of carbonyl (C=O) groups excluding carboxylic acids is 1.